The van der Waals surface area contributed by atoms with Crippen LogP contribution in [0.25, 0.3) is 11.4 Å². The summed E-state index contributed by atoms with van der Waals surface area (Å²) in [5, 5.41) is 17.1. The van der Waals surface area contributed by atoms with Gasteiger partial charge in [-0.05, 0) is 62.4 Å². The molecule has 3 aromatic rings. The van der Waals surface area contributed by atoms with Crippen LogP contribution < -0.4 is 10.1 Å². The van der Waals surface area contributed by atoms with Crippen LogP contribution in [-0.2, 0) is 24.1 Å². The van der Waals surface area contributed by atoms with Gasteiger partial charge < -0.3 is 14.6 Å². The Morgan fingerprint density at radius 1 is 1.30 bits per heavy atom. The van der Waals surface area contributed by atoms with E-state index in [1.165, 1.54) is 16.2 Å². The first kappa shape index (κ1) is 20.1. The second-order valence-corrected chi connectivity index (χ2v) is 8.15. The minimum Gasteiger partial charge on any atom is -0.494 e. The maximum Gasteiger partial charge on any atom is 0.227 e. The molecule has 0 unspecified atom stereocenters. The number of nitrogens with one attached hydrogen (secondary N) is 1. The molecule has 0 spiro atoms. The second-order valence-electron chi connectivity index (χ2n) is 7.04. The number of benzene rings is 1. The fourth-order valence-corrected chi connectivity index (χ4v) is 4.78. The average molecular weight is 423 g/mol. The summed E-state index contributed by atoms with van der Waals surface area (Å²) in [7, 11) is 0. The number of carbonyl (C=O) groups excluding carboxylic acids is 1. The van der Waals surface area contributed by atoms with Crippen molar-refractivity contribution >= 4 is 22.2 Å². The van der Waals surface area contributed by atoms with Crippen molar-refractivity contribution in [1.82, 2.24) is 10.1 Å². The second kappa shape index (κ2) is 9.09. The Bertz CT molecular complexity index is 1080. The third-order valence-corrected chi connectivity index (χ3v) is 6.20. The molecule has 1 N–H and O–H groups in total. The number of ether oxygens (including phenoxy) is 1. The smallest absolute Gasteiger partial charge is 0.227 e. The highest BCUT2D eigenvalue weighted by molar-refractivity contribution is 7.16. The number of amides is 1. The summed E-state index contributed by atoms with van der Waals surface area (Å²) in [6, 6.07) is 9.71. The van der Waals surface area contributed by atoms with E-state index in [9.17, 15) is 10.1 Å². The number of aromatic nitrogens is 2. The number of aryl methyl sites for hydroxylation is 2. The van der Waals surface area contributed by atoms with Gasteiger partial charge in [-0.1, -0.05) is 5.16 Å². The minimum absolute atomic E-state index is 0.161. The molecule has 1 aliphatic carbocycles. The van der Waals surface area contributed by atoms with E-state index in [1.54, 1.807) is 0 Å². The number of rotatable bonds is 7. The van der Waals surface area contributed by atoms with Crippen molar-refractivity contribution in [2.45, 2.75) is 45.4 Å². The third kappa shape index (κ3) is 4.36. The Balaban J connectivity index is 1.36. The van der Waals surface area contributed by atoms with Gasteiger partial charge in [-0.25, -0.2) is 0 Å². The van der Waals surface area contributed by atoms with Gasteiger partial charge >= 0.3 is 0 Å². The van der Waals surface area contributed by atoms with E-state index in [0.717, 1.165) is 42.6 Å². The highest BCUT2D eigenvalue weighted by Gasteiger charge is 2.22. The lowest BCUT2D eigenvalue weighted by Crippen LogP contribution is -2.12. The fourth-order valence-electron chi connectivity index (χ4n) is 3.52. The molecule has 2 aromatic heterocycles. The van der Waals surface area contributed by atoms with Crippen LogP contribution >= 0.6 is 11.3 Å². The van der Waals surface area contributed by atoms with Gasteiger partial charge in [-0.15, -0.1) is 11.3 Å². The van der Waals surface area contributed by atoms with Crippen molar-refractivity contribution in [3.63, 3.8) is 0 Å². The summed E-state index contributed by atoms with van der Waals surface area (Å²) in [6.07, 6.45) is 4.68. The Kier molecular flexibility index (Phi) is 6.10. The Hall–Kier alpha value is -3.18. The van der Waals surface area contributed by atoms with E-state index in [-0.39, 0.29) is 12.3 Å². The average Bonchev–Trinajstić information content (AvgIpc) is 3.37. The maximum atomic E-state index is 12.4. The van der Waals surface area contributed by atoms with Gasteiger partial charge in [-0.3, -0.25) is 4.79 Å². The van der Waals surface area contributed by atoms with Crippen molar-refractivity contribution in [2.24, 2.45) is 0 Å². The zero-order chi connectivity index (χ0) is 20.9. The maximum absolute atomic E-state index is 12.4. The normalized spacial score (nSPS) is 12.8. The zero-order valence-electron chi connectivity index (χ0n) is 16.7. The van der Waals surface area contributed by atoms with Crippen LogP contribution in [-0.4, -0.2) is 22.7 Å². The zero-order valence-corrected chi connectivity index (χ0v) is 17.6. The molecule has 2 heterocycles. The minimum atomic E-state index is -0.161. The summed E-state index contributed by atoms with van der Waals surface area (Å²) >= 11 is 1.53. The van der Waals surface area contributed by atoms with Gasteiger partial charge in [-0.2, -0.15) is 10.2 Å². The summed E-state index contributed by atoms with van der Waals surface area (Å²) in [5.41, 5.74) is 2.56. The molecule has 0 fully saturated rings. The standard InChI is InChI=1S/C22H22N4O3S/c1-2-28-15-9-7-14(8-10-15)21-25-20(29-26-21)12-11-19(27)24-22-17(13-23)16-5-3-4-6-18(16)30-22/h7-10H,2-6,11-12H2,1H3,(H,24,27). The number of hydrogen-bond acceptors (Lipinski definition) is 7. The van der Waals surface area contributed by atoms with Crippen LogP contribution in [0.2, 0.25) is 0 Å². The van der Waals surface area contributed by atoms with E-state index < -0.39 is 0 Å². The quantitative estimate of drug-likeness (QED) is 0.601. The summed E-state index contributed by atoms with van der Waals surface area (Å²) in [4.78, 5) is 18.0. The van der Waals surface area contributed by atoms with E-state index in [2.05, 4.69) is 21.5 Å². The van der Waals surface area contributed by atoms with Gasteiger partial charge in [0, 0.05) is 23.3 Å². The highest BCUT2D eigenvalue weighted by Crippen LogP contribution is 2.37. The van der Waals surface area contributed by atoms with Crippen molar-refractivity contribution in [1.29, 1.82) is 5.26 Å². The van der Waals surface area contributed by atoms with Crippen LogP contribution in [0, 0.1) is 11.3 Å². The first-order valence-corrected chi connectivity index (χ1v) is 10.9. The molecule has 0 atom stereocenters. The summed E-state index contributed by atoms with van der Waals surface area (Å²) < 4.78 is 10.7. The van der Waals surface area contributed by atoms with E-state index >= 15 is 0 Å². The molecule has 0 bridgehead atoms. The molecular formula is C22H22N4O3S. The van der Waals surface area contributed by atoms with Gasteiger partial charge in [0.2, 0.25) is 17.6 Å². The van der Waals surface area contributed by atoms with E-state index in [1.807, 2.05) is 31.2 Å². The molecule has 7 nitrogen and oxygen atoms in total. The monoisotopic (exact) mass is 422 g/mol. The van der Waals surface area contributed by atoms with Gasteiger partial charge in [0.05, 0.1) is 12.2 Å². The lowest BCUT2D eigenvalue weighted by atomic mass is 9.96. The predicted molar refractivity (Wildman–Crippen MR) is 114 cm³/mol. The molecule has 0 saturated carbocycles. The third-order valence-electron chi connectivity index (χ3n) is 4.99. The van der Waals surface area contributed by atoms with E-state index in [0.29, 0.717) is 35.3 Å². The van der Waals surface area contributed by atoms with Gasteiger partial charge in [0.15, 0.2) is 0 Å². The van der Waals surface area contributed by atoms with Gasteiger partial charge in [0.1, 0.15) is 16.8 Å². The molecule has 4 rings (SSSR count). The van der Waals surface area contributed by atoms with Crippen LogP contribution in [0.4, 0.5) is 5.00 Å². The Morgan fingerprint density at radius 3 is 2.87 bits per heavy atom. The number of nitrogens with zero attached hydrogens (tertiary/aromatic N) is 3. The van der Waals surface area contributed by atoms with Gasteiger partial charge in [0.25, 0.3) is 0 Å². The van der Waals surface area contributed by atoms with Crippen molar-refractivity contribution in [3.8, 4) is 23.2 Å². The molecule has 30 heavy (non-hydrogen) atoms. The molecule has 1 aromatic carbocycles. The Morgan fingerprint density at radius 2 is 2.10 bits per heavy atom. The number of hydrogen-bond donors (Lipinski definition) is 1. The van der Waals surface area contributed by atoms with Crippen LogP contribution in [0.3, 0.4) is 0 Å². The van der Waals surface area contributed by atoms with Crippen molar-refractivity contribution in [2.75, 3.05) is 11.9 Å². The lowest BCUT2D eigenvalue weighted by molar-refractivity contribution is -0.116. The summed E-state index contributed by atoms with van der Waals surface area (Å²) in [6.45, 7) is 2.54. The SMILES string of the molecule is CCOc1ccc(-c2noc(CCC(=O)Nc3sc4c(c3C#N)CCCC4)n2)cc1. The summed E-state index contributed by atoms with van der Waals surface area (Å²) in [5.74, 6) is 1.51. The largest absolute Gasteiger partial charge is 0.494 e. The number of thiophene rings is 1. The molecule has 1 aliphatic rings. The molecule has 154 valence electrons. The molecule has 8 heteroatoms. The number of carbonyl (C=O) groups is 1. The van der Waals surface area contributed by atoms with Crippen molar-refractivity contribution in [3.05, 3.63) is 46.2 Å². The number of fused-ring (bicyclic) bond motifs is 1. The first-order valence-electron chi connectivity index (χ1n) is 10.1. The van der Waals surface area contributed by atoms with E-state index in [4.69, 9.17) is 9.26 Å². The fraction of sp³-hybridized carbons (Fsp3) is 0.364. The number of nitriles is 1. The Labute approximate surface area is 178 Å². The van der Waals surface area contributed by atoms with Crippen LogP contribution in [0.15, 0.2) is 28.8 Å². The molecule has 0 radical (unpaired) electrons. The molecule has 0 aliphatic heterocycles. The molecule has 1 amide bonds. The molecule has 0 saturated heterocycles. The van der Waals surface area contributed by atoms with Crippen LogP contribution in [0.5, 0.6) is 5.75 Å². The van der Waals surface area contributed by atoms with Crippen molar-refractivity contribution < 1.29 is 14.1 Å². The molecular weight excluding hydrogens is 400 g/mol. The number of anilines is 1. The first-order chi connectivity index (χ1) is 14.7. The van der Waals surface area contributed by atoms with Crippen LogP contribution in [0.1, 0.15) is 48.1 Å². The predicted octanol–water partition coefficient (Wildman–Crippen LogP) is 4.52. The lowest BCUT2D eigenvalue weighted by Gasteiger charge is -2.09. The highest BCUT2D eigenvalue weighted by atomic mass is 32.1. The topological polar surface area (TPSA) is 101 Å².